The second-order valence-corrected chi connectivity index (χ2v) is 12.6. The summed E-state index contributed by atoms with van der Waals surface area (Å²) in [5.74, 6) is 0. The Morgan fingerprint density at radius 2 is 0.880 bits per heavy atom. The molecule has 2 fully saturated rings. The van der Waals surface area contributed by atoms with Crippen LogP contribution in [0.5, 0.6) is 0 Å². The summed E-state index contributed by atoms with van der Waals surface area (Å²) in [5.41, 5.74) is -1.98. The third-order valence-corrected chi connectivity index (χ3v) is 10.1. The zero-order valence-electron chi connectivity index (χ0n) is 18.1. The van der Waals surface area contributed by atoms with Crippen LogP contribution in [0.4, 0.5) is 0 Å². The Kier molecular flexibility index (Phi) is 5.27. The number of rotatable bonds is 6. The zero-order valence-corrected chi connectivity index (χ0v) is 19.0. The van der Waals surface area contributed by atoms with Gasteiger partial charge in [0.15, 0.2) is 0 Å². The van der Waals surface area contributed by atoms with Gasteiger partial charge >= 0.3 is 154 Å². The first-order valence-electron chi connectivity index (χ1n) is 9.73. The van der Waals surface area contributed by atoms with Crippen molar-refractivity contribution in [3.05, 3.63) is 0 Å². The number of hydrogen-bond acceptors (Lipinski definition) is 5. The molecule has 0 bridgehead atoms. The predicted molar refractivity (Wildman–Crippen MR) is 105 cm³/mol. The fourth-order valence-electron chi connectivity index (χ4n) is 3.64. The first kappa shape index (κ1) is 21.5. The van der Waals surface area contributed by atoms with Gasteiger partial charge in [-0.3, -0.25) is 0 Å². The summed E-state index contributed by atoms with van der Waals surface area (Å²) >= 11 is 0. The van der Waals surface area contributed by atoms with E-state index in [1.165, 1.54) is 0 Å². The average molecular weight is 378 g/mol. The van der Waals surface area contributed by atoms with E-state index in [4.69, 9.17) is 18.1 Å². The molecule has 0 aromatic carbocycles. The van der Waals surface area contributed by atoms with Crippen molar-refractivity contribution in [3.63, 3.8) is 0 Å². The Balaban J connectivity index is 2.52. The van der Waals surface area contributed by atoms with Crippen LogP contribution in [0, 0.1) is 0 Å². The molecule has 0 aromatic rings. The van der Waals surface area contributed by atoms with Gasteiger partial charge in [-0.25, -0.2) is 0 Å². The first-order chi connectivity index (χ1) is 11.1. The van der Waals surface area contributed by atoms with Crippen molar-refractivity contribution in [2.24, 2.45) is 0 Å². The molecule has 2 saturated heterocycles. The van der Waals surface area contributed by atoms with Crippen molar-refractivity contribution in [1.29, 1.82) is 0 Å². The van der Waals surface area contributed by atoms with E-state index < -0.39 is 29.9 Å². The molecule has 6 heteroatoms. The van der Waals surface area contributed by atoms with E-state index >= 15 is 0 Å². The van der Waals surface area contributed by atoms with Crippen molar-refractivity contribution in [3.8, 4) is 0 Å². The molecule has 25 heavy (non-hydrogen) atoms. The van der Waals surface area contributed by atoms with E-state index in [0.29, 0.717) is 6.29 Å². The molecule has 150 valence electrons. The molecule has 0 amide bonds. The van der Waals surface area contributed by atoms with Crippen LogP contribution in [0.1, 0.15) is 82.1 Å². The molecular formula is C19H40NO4P. The number of nitrogens with zero attached hydrogens (tertiary/aromatic N) is 1. The standard InChI is InChI=1S/C19H40NO4P/c1-11-13-20(14-12-2)15-25(21-16(3,4)17(5,6)22-25)23-18(7,8)19(9,10)24-25/h11-15H2,1-10H3. The Hall–Kier alpha value is 0.230. The van der Waals surface area contributed by atoms with Crippen molar-refractivity contribution in [1.82, 2.24) is 4.90 Å². The maximum atomic E-state index is 6.72. The van der Waals surface area contributed by atoms with Gasteiger partial charge in [-0.15, -0.1) is 0 Å². The van der Waals surface area contributed by atoms with Gasteiger partial charge in [0, 0.05) is 0 Å². The normalized spacial score (nSPS) is 31.9. The maximum absolute atomic E-state index is 6.72. The van der Waals surface area contributed by atoms with Crippen LogP contribution in [0.3, 0.4) is 0 Å². The van der Waals surface area contributed by atoms with Crippen LogP contribution < -0.4 is 0 Å². The van der Waals surface area contributed by atoms with Crippen LogP contribution >= 0.6 is 7.51 Å². The Labute approximate surface area is 155 Å². The Morgan fingerprint density at radius 1 is 0.600 bits per heavy atom. The fraction of sp³-hybridized carbons (Fsp3) is 1.00. The van der Waals surface area contributed by atoms with E-state index in [-0.39, 0.29) is 0 Å². The van der Waals surface area contributed by atoms with E-state index in [0.717, 1.165) is 25.9 Å². The summed E-state index contributed by atoms with van der Waals surface area (Å²) in [6.45, 7) is 22.9. The first-order valence-corrected chi connectivity index (χ1v) is 11.8. The van der Waals surface area contributed by atoms with Gasteiger partial charge < -0.3 is 0 Å². The number of hydrogen-bond donors (Lipinski definition) is 0. The second kappa shape index (κ2) is 6.12. The summed E-state index contributed by atoms with van der Waals surface area (Å²) in [5, 5.41) is 0. The van der Waals surface area contributed by atoms with Crippen molar-refractivity contribution < 1.29 is 18.1 Å². The average Bonchev–Trinajstić information content (AvgIpc) is 2.59. The van der Waals surface area contributed by atoms with Crippen molar-refractivity contribution in [2.45, 2.75) is 104 Å². The minimum absolute atomic E-state index is 0.495. The second-order valence-electron chi connectivity index (χ2n) is 9.63. The summed E-state index contributed by atoms with van der Waals surface area (Å²) < 4.78 is 26.9. The van der Waals surface area contributed by atoms with Crippen molar-refractivity contribution >= 4 is 7.51 Å². The molecule has 0 atom stereocenters. The Bertz CT molecular complexity index is 434. The Morgan fingerprint density at radius 3 is 1.12 bits per heavy atom. The van der Waals surface area contributed by atoms with Crippen LogP contribution in [0.25, 0.3) is 0 Å². The van der Waals surface area contributed by atoms with Gasteiger partial charge in [-0.05, 0) is 0 Å². The van der Waals surface area contributed by atoms with E-state index in [1.807, 2.05) is 0 Å². The van der Waals surface area contributed by atoms with E-state index in [2.05, 4.69) is 74.1 Å². The molecule has 0 N–H and O–H groups in total. The van der Waals surface area contributed by atoms with Crippen LogP contribution in [0.2, 0.25) is 0 Å². The van der Waals surface area contributed by atoms with E-state index in [1.54, 1.807) is 0 Å². The molecule has 2 aliphatic heterocycles. The summed E-state index contributed by atoms with van der Waals surface area (Å²) in [6, 6.07) is 0. The molecule has 0 aromatic heterocycles. The predicted octanol–water partition coefficient (Wildman–Crippen LogP) is 5.49. The van der Waals surface area contributed by atoms with Gasteiger partial charge in [0.25, 0.3) is 0 Å². The SMILES string of the molecule is CCCN(CCC)CP12(OC(C)(C)C(C)(C)O1)OC(C)(C)C(C)(C)O2. The summed E-state index contributed by atoms with van der Waals surface area (Å²) in [6.07, 6.45) is 2.71. The molecular weight excluding hydrogens is 337 g/mol. The molecule has 1 spiro atoms. The van der Waals surface area contributed by atoms with Crippen LogP contribution in [-0.2, 0) is 18.1 Å². The third kappa shape index (κ3) is 3.53. The van der Waals surface area contributed by atoms with Crippen molar-refractivity contribution in [2.75, 3.05) is 19.4 Å². The molecule has 0 unspecified atom stereocenters. The van der Waals surface area contributed by atoms with Gasteiger partial charge in [-0.1, -0.05) is 0 Å². The molecule has 2 rings (SSSR count). The quantitative estimate of drug-likeness (QED) is 0.573. The zero-order chi connectivity index (χ0) is 19.4. The van der Waals surface area contributed by atoms with Crippen LogP contribution in [0.15, 0.2) is 0 Å². The van der Waals surface area contributed by atoms with E-state index in [9.17, 15) is 0 Å². The molecule has 5 nitrogen and oxygen atoms in total. The van der Waals surface area contributed by atoms with Gasteiger partial charge in [0.2, 0.25) is 0 Å². The van der Waals surface area contributed by atoms with Crippen LogP contribution in [-0.4, -0.2) is 46.7 Å². The molecule has 2 heterocycles. The molecule has 2 aliphatic rings. The molecule has 0 radical (unpaired) electrons. The monoisotopic (exact) mass is 377 g/mol. The van der Waals surface area contributed by atoms with Gasteiger partial charge in [-0.2, -0.15) is 0 Å². The van der Waals surface area contributed by atoms with Gasteiger partial charge in [0.1, 0.15) is 0 Å². The molecule has 0 saturated carbocycles. The topological polar surface area (TPSA) is 40.2 Å². The minimum atomic E-state index is -3.77. The third-order valence-electron chi connectivity index (χ3n) is 6.03. The summed E-state index contributed by atoms with van der Waals surface area (Å²) in [7, 11) is -3.77. The fourth-order valence-corrected chi connectivity index (χ4v) is 9.44. The van der Waals surface area contributed by atoms with Gasteiger partial charge in [0.05, 0.1) is 0 Å². The molecule has 0 aliphatic carbocycles. The summed E-state index contributed by atoms with van der Waals surface area (Å²) in [4.78, 5) is 2.38.